The van der Waals surface area contributed by atoms with Gasteiger partial charge < -0.3 is 21.5 Å². The molecule has 0 heterocycles. The Hall–Kier alpha value is -2.57. The number of rotatable bonds is 7. The van der Waals surface area contributed by atoms with E-state index in [0.29, 0.717) is 24.1 Å². The molecule has 0 bridgehead atoms. The first-order chi connectivity index (χ1) is 10.3. The third-order valence-electron chi connectivity index (χ3n) is 3.64. The van der Waals surface area contributed by atoms with Crippen LogP contribution in [0.1, 0.15) is 43.5 Å². The summed E-state index contributed by atoms with van der Waals surface area (Å²) in [6.07, 6.45) is 0.902. The molecule has 1 aromatic rings. The summed E-state index contributed by atoms with van der Waals surface area (Å²) in [4.78, 5) is 34.0. The van der Waals surface area contributed by atoms with Crippen LogP contribution in [0.15, 0.2) is 24.3 Å². The molecule has 0 saturated heterocycles. The molecular weight excluding hydrogens is 286 g/mol. The van der Waals surface area contributed by atoms with Crippen molar-refractivity contribution in [3.05, 3.63) is 29.8 Å². The zero-order valence-electron chi connectivity index (χ0n) is 12.7. The van der Waals surface area contributed by atoms with Crippen LogP contribution in [0.4, 0.5) is 10.5 Å². The number of hydrogen-bond donors (Lipinski definition) is 4. The summed E-state index contributed by atoms with van der Waals surface area (Å²) in [5.41, 5.74) is 5.09. The van der Waals surface area contributed by atoms with Crippen molar-refractivity contribution in [1.82, 2.24) is 5.32 Å². The fourth-order valence-electron chi connectivity index (χ4n) is 2.17. The maximum absolute atomic E-state index is 12.3. The van der Waals surface area contributed by atoms with Gasteiger partial charge >= 0.3 is 12.0 Å². The van der Waals surface area contributed by atoms with Gasteiger partial charge in [-0.25, -0.2) is 4.79 Å². The van der Waals surface area contributed by atoms with Gasteiger partial charge in [0.1, 0.15) is 0 Å². The Labute approximate surface area is 128 Å². The van der Waals surface area contributed by atoms with E-state index in [1.165, 1.54) is 12.1 Å². The first kappa shape index (κ1) is 17.5. The second kappa shape index (κ2) is 7.44. The first-order valence-electron chi connectivity index (χ1n) is 7.02. The Morgan fingerprint density at radius 2 is 1.68 bits per heavy atom. The number of aliphatic carboxylic acids is 1. The largest absolute Gasteiger partial charge is 0.481 e. The molecule has 0 radical (unpaired) electrons. The number of hydrogen-bond acceptors (Lipinski definition) is 3. The molecule has 0 saturated carbocycles. The monoisotopic (exact) mass is 307 g/mol. The number of carboxylic acids is 1. The van der Waals surface area contributed by atoms with Gasteiger partial charge in [-0.3, -0.25) is 9.59 Å². The van der Waals surface area contributed by atoms with E-state index >= 15 is 0 Å². The molecule has 120 valence electrons. The third kappa shape index (κ3) is 4.76. The van der Waals surface area contributed by atoms with Crippen molar-refractivity contribution in [2.24, 2.45) is 5.73 Å². The topological polar surface area (TPSA) is 122 Å². The van der Waals surface area contributed by atoms with Crippen LogP contribution in [0.5, 0.6) is 0 Å². The number of urea groups is 1. The summed E-state index contributed by atoms with van der Waals surface area (Å²) < 4.78 is 0. The highest BCUT2D eigenvalue weighted by Crippen LogP contribution is 2.21. The van der Waals surface area contributed by atoms with Crippen LogP contribution in [-0.2, 0) is 4.79 Å². The second-order valence-electron chi connectivity index (χ2n) is 5.08. The molecule has 0 spiro atoms. The molecule has 0 aliphatic rings. The smallest absolute Gasteiger partial charge is 0.316 e. The van der Waals surface area contributed by atoms with Gasteiger partial charge in [0.25, 0.3) is 5.91 Å². The quantitative estimate of drug-likeness (QED) is 0.615. The van der Waals surface area contributed by atoms with Gasteiger partial charge in [0.2, 0.25) is 0 Å². The highest BCUT2D eigenvalue weighted by atomic mass is 16.4. The van der Waals surface area contributed by atoms with E-state index in [1.54, 1.807) is 12.1 Å². The van der Waals surface area contributed by atoms with Gasteiger partial charge in [0.15, 0.2) is 0 Å². The number of amides is 3. The Bertz CT molecular complexity index is 550. The van der Waals surface area contributed by atoms with Gasteiger partial charge in [-0.1, -0.05) is 13.8 Å². The van der Waals surface area contributed by atoms with E-state index in [2.05, 4.69) is 10.6 Å². The normalized spacial score (nSPS) is 10.8. The SMILES string of the molecule is CCC(CC)(CC(=O)O)NC(=O)c1ccc(NC(N)=O)cc1. The number of nitrogens with one attached hydrogen (secondary N) is 2. The lowest BCUT2D eigenvalue weighted by atomic mass is 9.88. The predicted octanol–water partition coefficient (Wildman–Crippen LogP) is 1.94. The van der Waals surface area contributed by atoms with Gasteiger partial charge in [-0.15, -0.1) is 0 Å². The molecule has 0 aliphatic heterocycles. The van der Waals surface area contributed by atoms with Crippen LogP contribution in [-0.4, -0.2) is 28.6 Å². The van der Waals surface area contributed by atoms with E-state index in [0.717, 1.165) is 0 Å². The van der Waals surface area contributed by atoms with Crippen molar-refractivity contribution in [2.45, 2.75) is 38.6 Å². The van der Waals surface area contributed by atoms with E-state index in [4.69, 9.17) is 10.8 Å². The Kier molecular flexibility index (Phi) is 5.91. The molecule has 5 N–H and O–H groups in total. The second-order valence-corrected chi connectivity index (χ2v) is 5.08. The van der Waals surface area contributed by atoms with Crippen molar-refractivity contribution in [1.29, 1.82) is 0 Å². The number of carbonyl (C=O) groups is 3. The fourth-order valence-corrected chi connectivity index (χ4v) is 2.17. The van der Waals surface area contributed by atoms with Gasteiger partial charge in [0, 0.05) is 11.3 Å². The highest BCUT2D eigenvalue weighted by Gasteiger charge is 2.31. The number of benzene rings is 1. The molecule has 0 fully saturated rings. The van der Waals surface area contributed by atoms with Crippen molar-refractivity contribution >= 4 is 23.6 Å². The van der Waals surface area contributed by atoms with Crippen LogP contribution < -0.4 is 16.4 Å². The molecule has 0 aliphatic carbocycles. The van der Waals surface area contributed by atoms with Crippen molar-refractivity contribution in [2.75, 3.05) is 5.32 Å². The van der Waals surface area contributed by atoms with Crippen LogP contribution in [0.25, 0.3) is 0 Å². The number of carbonyl (C=O) groups excluding carboxylic acids is 2. The number of nitrogens with two attached hydrogens (primary N) is 1. The number of anilines is 1. The molecule has 1 rings (SSSR count). The van der Waals surface area contributed by atoms with E-state index < -0.39 is 17.5 Å². The zero-order chi connectivity index (χ0) is 16.8. The summed E-state index contributed by atoms with van der Waals surface area (Å²) in [5, 5.41) is 14.2. The van der Waals surface area contributed by atoms with Crippen molar-refractivity contribution < 1.29 is 19.5 Å². The molecule has 22 heavy (non-hydrogen) atoms. The minimum Gasteiger partial charge on any atom is -0.481 e. The summed E-state index contributed by atoms with van der Waals surface area (Å²) in [6.45, 7) is 3.68. The molecular formula is C15H21N3O4. The lowest BCUT2D eigenvalue weighted by Gasteiger charge is -2.31. The molecule has 0 unspecified atom stereocenters. The van der Waals surface area contributed by atoms with Gasteiger partial charge in [-0.2, -0.15) is 0 Å². The third-order valence-corrected chi connectivity index (χ3v) is 3.64. The zero-order valence-corrected chi connectivity index (χ0v) is 12.7. The molecule has 0 atom stereocenters. The molecule has 7 nitrogen and oxygen atoms in total. The minimum absolute atomic E-state index is 0.132. The minimum atomic E-state index is -0.954. The van der Waals surface area contributed by atoms with E-state index in [-0.39, 0.29) is 12.3 Å². The lowest BCUT2D eigenvalue weighted by molar-refractivity contribution is -0.138. The number of primary amides is 1. The van der Waals surface area contributed by atoms with E-state index in [9.17, 15) is 14.4 Å². The van der Waals surface area contributed by atoms with E-state index in [1.807, 2.05) is 13.8 Å². The Balaban J connectivity index is 2.86. The van der Waals surface area contributed by atoms with Gasteiger partial charge in [0.05, 0.1) is 12.0 Å². The van der Waals surface area contributed by atoms with Crippen LogP contribution >= 0.6 is 0 Å². The summed E-state index contributed by atoms with van der Waals surface area (Å²) in [6, 6.07) is 5.50. The molecule has 1 aromatic carbocycles. The average Bonchev–Trinajstić information content (AvgIpc) is 2.46. The standard InChI is InChI=1S/C15H21N3O4/c1-3-15(4-2,9-12(19)20)18-13(21)10-5-7-11(8-6-10)17-14(16)22/h5-8H,3-4,9H2,1-2H3,(H,18,21)(H,19,20)(H3,16,17,22). The fraction of sp³-hybridized carbons (Fsp3) is 0.400. The van der Waals surface area contributed by atoms with Crippen LogP contribution in [0, 0.1) is 0 Å². The lowest BCUT2D eigenvalue weighted by Crippen LogP contribution is -2.49. The first-order valence-corrected chi connectivity index (χ1v) is 7.02. The molecule has 0 aromatic heterocycles. The maximum Gasteiger partial charge on any atom is 0.316 e. The summed E-state index contributed by atoms with van der Waals surface area (Å²) >= 11 is 0. The Morgan fingerprint density at radius 3 is 2.09 bits per heavy atom. The Morgan fingerprint density at radius 1 is 1.14 bits per heavy atom. The van der Waals surface area contributed by atoms with Crippen molar-refractivity contribution in [3.63, 3.8) is 0 Å². The van der Waals surface area contributed by atoms with Gasteiger partial charge in [-0.05, 0) is 37.1 Å². The van der Waals surface area contributed by atoms with Crippen LogP contribution in [0.2, 0.25) is 0 Å². The van der Waals surface area contributed by atoms with Crippen LogP contribution in [0.3, 0.4) is 0 Å². The van der Waals surface area contributed by atoms with Crippen molar-refractivity contribution in [3.8, 4) is 0 Å². The molecule has 7 heteroatoms. The average molecular weight is 307 g/mol. The highest BCUT2D eigenvalue weighted by molar-refractivity contribution is 5.96. The summed E-state index contributed by atoms with van der Waals surface area (Å²) in [7, 11) is 0. The summed E-state index contributed by atoms with van der Waals surface area (Å²) in [5.74, 6) is -1.31. The maximum atomic E-state index is 12.3. The molecule has 3 amide bonds. The number of carboxylic acid groups (broad SMARTS) is 1. The predicted molar refractivity (Wildman–Crippen MR) is 82.7 cm³/mol.